The van der Waals surface area contributed by atoms with Gasteiger partial charge in [-0.1, -0.05) is 30.3 Å². The summed E-state index contributed by atoms with van der Waals surface area (Å²) in [4.78, 5) is 4.76. The lowest BCUT2D eigenvalue weighted by atomic mass is 9.86. The molecule has 1 aromatic heterocycles. The minimum Gasteiger partial charge on any atom is -0.497 e. The molecule has 5 nitrogen and oxygen atoms in total. The van der Waals surface area contributed by atoms with Crippen molar-refractivity contribution in [2.45, 2.75) is 25.7 Å². The SMILES string of the molecule is COc1ccc(/C=N/Nc2nc3c(c(-c4ccccc4)c2C#N)CCCC3)cc1. The molecule has 144 valence electrons. The van der Waals surface area contributed by atoms with E-state index in [9.17, 15) is 5.26 Å². The van der Waals surface area contributed by atoms with Crippen LogP contribution in [0.5, 0.6) is 5.75 Å². The summed E-state index contributed by atoms with van der Waals surface area (Å²) in [5, 5.41) is 14.3. The van der Waals surface area contributed by atoms with Crippen molar-refractivity contribution in [1.29, 1.82) is 5.26 Å². The van der Waals surface area contributed by atoms with Gasteiger partial charge in [-0.2, -0.15) is 10.4 Å². The van der Waals surface area contributed by atoms with Crippen molar-refractivity contribution in [2.24, 2.45) is 5.10 Å². The Morgan fingerprint density at radius 2 is 1.83 bits per heavy atom. The fourth-order valence-electron chi connectivity index (χ4n) is 3.71. The normalized spacial score (nSPS) is 13.0. The van der Waals surface area contributed by atoms with Crippen molar-refractivity contribution >= 4 is 12.0 Å². The summed E-state index contributed by atoms with van der Waals surface area (Å²) in [5.41, 5.74) is 8.78. The number of hydrazone groups is 1. The van der Waals surface area contributed by atoms with Crippen molar-refractivity contribution in [3.63, 3.8) is 0 Å². The molecular formula is C24H22N4O. The number of benzene rings is 2. The molecule has 1 aliphatic carbocycles. The first-order valence-corrected chi connectivity index (χ1v) is 9.74. The van der Waals surface area contributed by atoms with Gasteiger partial charge in [0.15, 0.2) is 5.82 Å². The van der Waals surface area contributed by atoms with Gasteiger partial charge in [-0.3, -0.25) is 5.43 Å². The van der Waals surface area contributed by atoms with E-state index in [1.165, 1.54) is 5.56 Å². The summed E-state index contributed by atoms with van der Waals surface area (Å²) in [5.74, 6) is 1.31. The van der Waals surface area contributed by atoms with Crippen LogP contribution in [0.4, 0.5) is 5.82 Å². The van der Waals surface area contributed by atoms with Crippen molar-refractivity contribution in [3.8, 4) is 22.9 Å². The number of nitrogens with one attached hydrogen (secondary N) is 1. The molecule has 0 radical (unpaired) electrons. The van der Waals surface area contributed by atoms with Crippen molar-refractivity contribution < 1.29 is 4.74 Å². The first kappa shape index (κ1) is 18.7. The van der Waals surface area contributed by atoms with Crippen LogP contribution in [0, 0.1) is 11.3 Å². The van der Waals surface area contributed by atoms with E-state index < -0.39 is 0 Å². The van der Waals surface area contributed by atoms with Crippen molar-refractivity contribution in [2.75, 3.05) is 12.5 Å². The third kappa shape index (κ3) is 3.97. The molecule has 1 aliphatic rings. The summed E-state index contributed by atoms with van der Waals surface area (Å²) in [6.45, 7) is 0. The average Bonchev–Trinajstić information content (AvgIpc) is 2.79. The van der Waals surface area contributed by atoms with Gasteiger partial charge < -0.3 is 4.74 Å². The lowest BCUT2D eigenvalue weighted by Gasteiger charge is -2.21. The predicted molar refractivity (Wildman–Crippen MR) is 115 cm³/mol. The number of hydrogen-bond acceptors (Lipinski definition) is 5. The molecular weight excluding hydrogens is 360 g/mol. The Morgan fingerprint density at radius 3 is 2.55 bits per heavy atom. The highest BCUT2D eigenvalue weighted by atomic mass is 16.5. The number of rotatable bonds is 5. The smallest absolute Gasteiger partial charge is 0.165 e. The summed E-state index contributed by atoms with van der Waals surface area (Å²) < 4.78 is 5.18. The topological polar surface area (TPSA) is 70.3 Å². The van der Waals surface area contributed by atoms with Gasteiger partial charge in [0.25, 0.3) is 0 Å². The summed E-state index contributed by atoms with van der Waals surface area (Å²) in [6.07, 6.45) is 5.84. The number of methoxy groups -OCH3 is 1. The molecule has 3 aromatic rings. The van der Waals surface area contributed by atoms with Gasteiger partial charge in [0.2, 0.25) is 0 Å². The number of fused-ring (bicyclic) bond motifs is 1. The number of ether oxygens (including phenoxy) is 1. The van der Waals surface area contributed by atoms with Gasteiger partial charge in [-0.25, -0.2) is 4.98 Å². The zero-order chi connectivity index (χ0) is 20.1. The first-order valence-electron chi connectivity index (χ1n) is 9.74. The highest BCUT2D eigenvalue weighted by molar-refractivity contribution is 5.82. The summed E-state index contributed by atoms with van der Waals surface area (Å²) >= 11 is 0. The van der Waals surface area contributed by atoms with Gasteiger partial charge in [0.05, 0.1) is 13.3 Å². The van der Waals surface area contributed by atoms with Gasteiger partial charge >= 0.3 is 0 Å². The van der Waals surface area contributed by atoms with Crippen LogP contribution in [0.15, 0.2) is 59.7 Å². The van der Waals surface area contributed by atoms with E-state index in [2.05, 4.69) is 28.7 Å². The van der Waals surface area contributed by atoms with Crippen molar-refractivity contribution in [3.05, 3.63) is 77.0 Å². The molecule has 0 atom stereocenters. The molecule has 29 heavy (non-hydrogen) atoms. The lowest BCUT2D eigenvalue weighted by molar-refractivity contribution is 0.415. The molecule has 0 bridgehead atoms. The third-order valence-electron chi connectivity index (χ3n) is 5.15. The maximum absolute atomic E-state index is 9.94. The number of nitriles is 1. The van der Waals surface area contributed by atoms with E-state index >= 15 is 0 Å². The zero-order valence-electron chi connectivity index (χ0n) is 16.4. The van der Waals surface area contributed by atoms with Gasteiger partial charge in [-0.05, 0) is 66.6 Å². The van der Waals surface area contributed by atoms with E-state index in [0.29, 0.717) is 11.4 Å². The van der Waals surface area contributed by atoms with E-state index in [1.807, 2.05) is 42.5 Å². The fourth-order valence-corrected chi connectivity index (χ4v) is 3.71. The quantitative estimate of drug-likeness (QED) is 0.500. The van der Waals surface area contributed by atoms with Crippen LogP contribution >= 0.6 is 0 Å². The third-order valence-corrected chi connectivity index (χ3v) is 5.15. The van der Waals surface area contributed by atoms with Crippen LogP contribution in [-0.2, 0) is 12.8 Å². The molecule has 0 fully saturated rings. The minimum absolute atomic E-state index is 0.511. The average molecular weight is 382 g/mol. The summed E-state index contributed by atoms with van der Waals surface area (Å²) in [6, 6.07) is 20.1. The summed E-state index contributed by atoms with van der Waals surface area (Å²) in [7, 11) is 1.64. The highest BCUT2D eigenvalue weighted by Gasteiger charge is 2.22. The maximum atomic E-state index is 9.94. The number of nitrogens with zero attached hydrogens (tertiary/aromatic N) is 3. The monoisotopic (exact) mass is 382 g/mol. The number of hydrogen-bond donors (Lipinski definition) is 1. The first-order chi connectivity index (χ1) is 14.3. The molecule has 2 aromatic carbocycles. The van der Waals surface area contributed by atoms with Crippen LogP contribution < -0.4 is 10.2 Å². The predicted octanol–water partition coefficient (Wildman–Crippen LogP) is 4.95. The Hall–Kier alpha value is -3.65. The van der Waals surface area contributed by atoms with Crippen molar-refractivity contribution in [1.82, 2.24) is 4.98 Å². The molecule has 1 heterocycles. The maximum Gasteiger partial charge on any atom is 0.165 e. The Labute approximate surface area is 170 Å². The second-order valence-electron chi connectivity index (χ2n) is 6.96. The van der Waals surface area contributed by atoms with Gasteiger partial charge in [0.1, 0.15) is 17.4 Å². The number of aromatic nitrogens is 1. The lowest BCUT2D eigenvalue weighted by Crippen LogP contribution is -2.11. The van der Waals surface area contributed by atoms with Crippen LogP contribution in [0.1, 0.15) is 35.2 Å². The second-order valence-corrected chi connectivity index (χ2v) is 6.96. The number of pyridine rings is 1. The number of anilines is 1. The van der Waals surface area contributed by atoms with Crippen LogP contribution in [0.2, 0.25) is 0 Å². The molecule has 5 heteroatoms. The van der Waals surface area contributed by atoms with Crippen LogP contribution in [0.3, 0.4) is 0 Å². The molecule has 4 rings (SSSR count). The highest BCUT2D eigenvalue weighted by Crippen LogP contribution is 2.36. The van der Waals surface area contributed by atoms with E-state index in [0.717, 1.165) is 53.8 Å². The Morgan fingerprint density at radius 1 is 1.07 bits per heavy atom. The Bertz CT molecular complexity index is 1070. The van der Waals surface area contributed by atoms with E-state index in [-0.39, 0.29) is 0 Å². The second kappa shape index (κ2) is 8.57. The fraction of sp³-hybridized carbons (Fsp3) is 0.208. The van der Waals surface area contributed by atoms with Crippen LogP contribution in [-0.4, -0.2) is 18.3 Å². The molecule has 0 saturated heterocycles. The molecule has 0 spiro atoms. The largest absolute Gasteiger partial charge is 0.497 e. The number of aryl methyl sites for hydroxylation is 1. The molecule has 0 saturated carbocycles. The minimum atomic E-state index is 0.511. The Kier molecular flexibility index (Phi) is 5.53. The Balaban J connectivity index is 1.71. The van der Waals surface area contributed by atoms with Crippen LogP contribution in [0.25, 0.3) is 11.1 Å². The molecule has 0 amide bonds. The standard InChI is InChI=1S/C24H22N4O/c1-29-19-13-11-17(12-14-19)16-26-28-24-21(15-25)23(18-7-3-2-4-8-18)20-9-5-6-10-22(20)27-24/h2-4,7-8,11-14,16H,5-6,9-10H2,1H3,(H,27,28)/b26-16+. The molecule has 1 N–H and O–H groups in total. The molecule has 0 unspecified atom stereocenters. The van der Waals surface area contributed by atoms with Gasteiger partial charge in [0, 0.05) is 11.3 Å². The van der Waals surface area contributed by atoms with E-state index in [4.69, 9.17) is 9.72 Å². The molecule has 0 aliphatic heterocycles. The van der Waals surface area contributed by atoms with Gasteiger partial charge in [-0.15, -0.1) is 0 Å². The van der Waals surface area contributed by atoms with E-state index in [1.54, 1.807) is 13.3 Å². The zero-order valence-corrected chi connectivity index (χ0v) is 16.4.